The lowest BCUT2D eigenvalue weighted by Crippen LogP contribution is -2.41. The highest BCUT2D eigenvalue weighted by Gasteiger charge is 2.53. The van der Waals surface area contributed by atoms with E-state index in [0.29, 0.717) is 13.2 Å². The number of nitrogens with zero attached hydrogens (tertiary/aromatic N) is 2. The van der Waals surface area contributed by atoms with E-state index in [1.807, 2.05) is 11.3 Å². The molecule has 2 fully saturated rings. The Morgan fingerprint density at radius 3 is 2.88 bits per heavy atom. The number of rotatable bonds is 6. The predicted molar refractivity (Wildman–Crippen MR) is 95.4 cm³/mol. The molecule has 2 aliphatic heterocycles. The molecule has 24 heavy (non-hydrogen) atoms. The number of carboxylic acids is 1. The minimum absolute atomic E-state index is 0.204. The first kappa shape index (κ1) is 17.9. The molecule has 0 amide bonds. The predicted octanol–water partition coefficient (Wildman–Crippen LogP) is 2.30. The van der Waals surface area contributed by atoms with Crippen molar-refractivity contribution in [2.75, 3.05) is 46.4 Å². The van der Waals surface area contributed by atoms with Crippen LogP contribution in [-0.4, -0.2) is 67.3 Å². The molecule has 1 aromatic heterocycles. The van der Waals surface area contributed by atoms with Crippen LogP contribution in [-0.2, 0) is 16.1 Å². The molecule has 2 saturated heterocycles. The van der Waals surface area contributed by atoms with Gasteiger partial charge in [-0.3, -0.25) is 14.6 Å². The van der Waals surface area contributed by atoms with Gasteiger partial charge in [0.2, 0.25) is 0 Å². The second-order valence-corrected chi connectivity index (χ2v) is 8.61. The van der Waals surface area contributed by atoms with Crippen LogP contribution in [0.2, 0.25) is 0 Å². The molecule has 0 aromatic carbocycles. The van der Waals surface area contributed by atoms with Crippen LogP contribution in [0.25, 0.3) is 0 Å². The minimum Gasteiger partial charge on any atom is -0.481 e. The van der Waals surface area contributed by atoms with Crippen LogP contribution in [0.15, 0.2) is 12.1 Å². The molecule has 1 aromatic rings. The standard InChI is InChI=1S/C18H28N2O3S/c1-14-4-5-16(24-14)12-19-7-3-6-18(17(21)22)13-20(8-9-23-2)11-15(18)10-19/h4-5,15H,3,6-13H2,1-2H3,(H,21,22)/t15-,18-/m1/s1. The lowest BCUT2D eigenvalue weighted by molar-refractivity contribution is -0.151. The van der Waals surface area contributed by atoms with Crippen LogP contribution < -0.4 is 0 Å². The topological polar surface area (TPSA) is 53.0 Å². The van der Waals surface area contributed by atoms with E-state index in [1.165, 1.54) is 9.75 Å². The van der Waals surface area contributed by atoms with Crippen LogP contribution >= 0.6 is 11.3 Å². The van der Waals surface area contributed by atoms with Gasteiger partial charge < -0.3 is 9.84 Å². The van der Waals surface area contributed by atoms with Gasteiger partial charge in [-0.15, -0.1) is 11.3 Å². The van der Waals surface area contributed by atoms with Gasteiger partial charge in [-0.05, 0) is 38.4 Å². The van der Waals surface area contributed by atoms with Crippen LogP contribution in [0.4, 0.5) is 0 Å². The van der Waals surface area contributed by atoms with E-state index in [-0.39, 0.29) is 5.92 Å². The molecule has 0 saturated carbocycles. The molecule has 0 unspecified atom stereocenters. The van der Waals surface area contributed by atoms with Crippen molar-refractivity contribution < 1.29 is 14.6 Å². The fraction of sp³-hybridized carbons (Fsp3) is 0.722. The Bertz CT molecular complexity index is 576. The number of thiophene rings is 1. The van der Waals surface area contributed by atoms with Crippen molar-refractivity contribution in [1.82, 2.24) is 9.80 Å². The van der Waals surface area contributed by atoms with Gasteiger partial charge in [0.05, 0.1) is 12.0 Å². The minimum atomic E-state index is -0.610. The molecule has 0 spiro atoms. The van der Waals surface area contributed by atoms with Gasteiger partial charge in [-0.1, -0.05) is 0 Å². The molecule has 0 aliphatic carbocycles. The molecule has 3 rings (SSSR count). The fourth-order valence-electron chi connectivity index (χ4n) is 4.29. The fourth-order valence-corrected chi connectivity index (χ4v) is 5.22. The third kappa shape index (κ3) is 3.67. The Balaban J connectivity index is 1.71. The summed E-state index contributed by atoms with van der Waals surface area (Å²) in [6, 6.07) is 4.37. The number of aryl methyl sites for hydroxylation is 1. The van der Waals surface area contributed by atoms with Crippen molar-refractivity contribution in [3.63, 3.8) is 0 Å². The summed E-state index contributed by atoms with van der Waals surface area (Å²) in [5.41, 5.74) is -0.576. The number of carbonyl (C=O) groups is 1. The molecule has 0 bridgehead atoms. The van der Waals surface area contributed by atoms with Crippen LogP contribution in [0.1, 0.15) is 22.6 Å². The summed E-state index contributed by atoms with van der Waals surface area (Å²) < 4.78 is 5.18. The Morgan fingerprint density at radius 2 is 2.21 bits per heavy atom. The molecule has 6 heteroatoms. The van der Waals surface area contributed by atoms with Crippen molar-refractivity contribution >= 4 is 17.3 Å². The second kappa shape index (κ2) is 7.52. The zero-order chi connectivity index (χ0) is 17.2. The third-order valence-corrected chi connectivity index (χ3v) is 6.54. The van der Waals surface area contributed by atoms with E-state index in [4.69, 9.17) is 4.74 Å². The molecular formula is C18H28N2O3S. The zero-order valence-corrected chi connectivity index (χ0v) is 15.5. The average molecular weight is 353 g/mol. The van der Waals surface area contributed by atoms with E-state index in [0.717, 1.165) is 45.6 Å². The molecule has 5 nitrogen and oxygen atoms in total. The van der Waals surface area contributed by atoms with E-state index in [2.05, 4.69) is 28.9 Å². The monoisotopic (exact) mass is 352 g/mol. The molecule has 2 atom stereocenters. The Kier molecular flexibility index (Phi) is 5.59. The average Bonchev–Trinajstić information content (AvgIpc) is 3.05. The lowest BCUT2D eigenvalue weighted by atomic mass is 9.75. The highest BCUT2D eigenvalue weighted by Crippen LogP contribution is 2.43. The molecular weight excluding hydrogens is 324 g/mol. The van der Waals surface area contributed by atoms with Gasteiger partial charge >= 0.3 is 5.97 Å². The molecule has 3 heterocycles. The maximum atomic E-state index is 12.1. The highest BCUT2D eigenvalue weighted by molar-refractivity contribution is 7.11. The van der Waals surface area contributed by atoms with Crippen LogP contribution in [0.3, 0.4) is 0 Å². The second-order valence-electron chi connectivity index (χ2n) is 7.24. The quantitative estimate of drug-likeness (QED) is 0.851. The van der Waals surface area contributed by atoms with E-state index in [1.54, 1.807) is 7.11 Å². The van der Waals surface area contributed by atoms with Gasteiger partial charge in [0.1, 0.15) is 0 Å². The third-order valence-electron chi connectivity index (χ3n) is 5.55. The van der Waals surface area contributed by atoms with Crippen molar-refractivity contribution in [1.29, 1.82) is 0 Å². The van der Waals surface area contributed by atoms with Gasteiger partial charge in [0.25, 0.3) is 0 Å². The van der Waals surface area contributed by atoms with Crippen molar-refractivity contribution in [2.24, 2.45) is 11.3 Å². The van der Waals surface area contributed by atoms with Crippen molar-refractivity contribution in [3.05, 3.63) is 21.9 Å². The van der Waals surface area contributed by atoms with E-state index >= 15 is 0 Å². The van der Waals surface area contributed by atoms with Gasteiger partial charge in [-0.25, -0.2) is 0 Å². The van der Waals surface area contributed by atoms with Crippen molar-refractivity contribution in [2.45, 2.75) is 26.3 Å². The SMILES string of the molecule is COCCN1C[C@H]2CN(Cc3ccc(C)s3)CCC[C@@]2(C(=O)O)C1. The summed E-state index contributed by atoms with van der Waals surface area (Å²) in [7, 11) is 1.70. The summed E-state index contributed by atoms with van der Waals surface area (Å²) in [6.45, 7) is 8.00. The van der Waals surface area contributed by atoms with E-state index in [9.17, 15) is 9.90 Å². The number of fused-ring (bicyclic) bond motifs is 1. The number of methoxy groups -OCH3 is 1. The smallest absolute Gasteiger partial charge is 0.311 e. The summed E-state index contributed by atoms with van der Waals surface area (Å²) in [4.78, 5) is 19.6. The van der Waals surface area contributed by atoms with E-state index < -0.39 is 11.4 Å². The number of aliphatic carboxylic acids is 1. The molecule has 0 radical (unpaired) electrons. The first-order chi connectivity index (χ1) is 11.5. The summed E-state index contributed by atoms with van der Waals surface area (Å²) in [6.07, 6.45) is 1.75. The highest BCUT2D eigenvalue weighted by atomic mass is 32.1. The van der Waals surface area contributed by atoms with Crippen LogP contribution in [0.5, 0.6) is 0 Å². The molecule has 134 valence electrons. The Morgan fingerprint density at radius 1 is 1.42 bits per heavy atom. The number of ether oxygens (including phenoxy) is 1. The van der Waals surface area contributed by atoms with Gasteiger partial charge in [-0.2, -0.15) is 0 Å². The number of hydrogen-bond acceptors (Lipinski definition) is 5. The van der Waals surface area contributed by atoms with Crippen LogP contribution in [0, 0.1) is 18.3 Å². The summed E-state index contributed by atoms with van der Waals surface area (Å²) in [5, 5.41) is 9.97. The maximum Gasteiger partial charge on any atom is 0.311 e. The Hall–Kier alpha value is -0.950. The number of carboxylic acid groups (broad SMARTS) is 1. The largest absolute Gasteiger partial charge is 0.481 e. The molecule has 1 N–H and O–H groups in total. The lowest BCUT2D eigenvalue weighted by Gasteiger charge is -2.29. The normalized spacial score (nSPS) is 28.7. The summed E-state index contributed by atoms with van der Waals surface area (Å²) in [5.74, 6) is -0.406. The van der Waals surface area contributed by atoms with Gasteiger partial charge in [0.15, 0.2) is 0 Å². The summed E-state index contributed by atoms with van der Waals surface area (Å²) >= 11 is 1.85. The maximum absolute atomic E-state index is 12.1. The van der Waals surface area contributed by atoms with Crippen molar-refractivity contribution in [3.8, 4) is 0 Å². The first-order valence-electron chi connectivity index (χ1n) is 8.76. The number of hydrogen-bond donors (Lipinski definition) is 1. The Labute approximate surface area is 148 Å². The van der Waals surface area contributed by atoms with Gasteiger partial charge in [0, 0.05) is 55.5 Å². The number of likely N-dealkylation sites (tertiary alicyclic amines) is 2. The first-order valence-corrected chi connectivity index (χ1v) is 9.57. The zero-order valence-electron chi connectivity index (χ0n) is 14.7. The molecule has 2 aliphatic rings.